The van der Waals surface area contributed by atoms with Crippen molar-refractivity contribution in [1.82, 2.24) is 5.32 Å². The number of benzene rings is 1. The SMILES string of the molecule is CCOc1ccc(CCNC(=O)[C@@H]2CCCC[C@H]2C(=O)OCC(F)(F)F)cc1OCC. The Morgan fingerprint density at radius 1 is 1.03 bits per heavy atom. The molecule has 174 valence electrons. The molecular weight excluding hydrogens is 415 g/mol. The third-order valence-corrected chi connectivity index (χ3v) is 5.10. The van der Waals surface area contributed by atoms with Crippen molar-refractivity contribution >= 4 is 11.9 Å². The Balaban J connectivity index is 1.91. The van der Waals surface area contributed by atoms with Crippen LogP contribution >= 0.6 is 0 Å². The average Bonchev–Trinajstić information content (AvgIpc) is 2.73. The molecule has 2 atom stereocenters. The molecule has 0 saturated heterocycles. The van der Waals surface area contributed by atoms with E-state index in [0.717, 1.165) is 12.0 Å². The fourth-order valence-corrected chi connectivity index (χ4v) is 3.70. The van der Waals surface area contributed by atoms with Crippen molar-refractivity contribution in [1.29, 1.82) is 0 Å². The number of hydrogen-bond acceptors (Lipinski definition) is 5. The number of nitrogens with one attached hydrogen (secondary N) is 1. The van der Waals surface area contributed by atoms with Crippen LogP contribution in [0, 0.1) is 11.8 Å². The number of ether oxygens (including phenoxy) is 3. The van der Waals surface area contributed by atoms with Gasteiger partial charge in [0, 0.05) is 6.54 Å². The maximum atomic E-state index is 12.6. The van der Waals surface area contributed by atoms with E-state index in [1.165, 1.54) is 0 Å². The van der Waals surface area contributed by atoms with E-state index < -0.39 is 30.6 Å². The normalized spacial score (nSPS) is 18.9. The van der Waals surface area contributed by atoms with Gasteiger partial charge in [-0.15, -0.1) is 0 Å². The Hall–Kier alpha value is -2.45. The van der Waals surface area contributed by atoms with Crippen LogP contribution in [0.2, 0.25) is 0 Å². The Morgan fingerprint density at radius 3 is 2.32 bits per heavy atom. The molecule has 1 aliphatic rings. The van der Waals surface area contributed by atoms with Gasteiger partial charge in [-0.3, -0.25) is 9.59 Å². The van der Waals surface area contributed by atoms with Gasteiger partial charge in [0.05, 0.1) is 25.0 Å². The molecule has 1 aromatic carbocycles. The van der Waals surface area contributed by atoms with E-state index in [2.05, 4.69) is 10.1 Å². The minimum atomic E-state index is -4.58. The van der Waals surface area contributed by atoms with E-state index in [1.54, 1.807) is 0 Å². The molecule has 0 aromatic heterocycles. The highest BCUT2D eigenvalue weighted by molar-refractivity contribution is 5.85. The molecule has 6 nitrogen and oxygen atoms in total. The summed E-state index contributed by atoms with van der Waals surface area (Å²) in [7, 11) is 0. The summed E-state index contributed by atoms with van der Waals surface area (Å²) in [5.74, 6) is -1.51. The standard InChI is InChI=1S/C22H30F3NO5/c1-3-29-18-10-9-15(13-19(18)30-4-2)11-12-26-20(27)16-7-5-6-8-17(16)21(28)31-14-22(23,24)25/h9-10,13,16-17H,3-8,11-12,14H2,1-2H3,(H,26,27)/t16-,17-/m1/s1. The number of hydrogen-bond donors (Lipinski definition) is 1. The summed E-state index contributed by atoms with van der Waals surface area (Å²) in [5.41, 5.74) is 0.942. The molecule has 1 aliphatic carbocycles. The number of carbonyl (C=O) groups excluding carboxylic acids is 2. The van der Waals surface area contributed by atoms with Crippen LogP contribution < -0.4 is 14.8 Å². The van der Waals surface area contributed by atoms with Crippen molar-refractivity contribution < 1.29 is 37.0 Å². The quantitative estimate of drug-likeness (QED) is 0.550. The molecule has 0 spiro atoms. The van der Waals surface area contributed by atoms with Crippen molar-refractivity contribution in [3.05, 3.63) is 23.8 Å². The first kappa shape index (κ1) is 24.8. The van der Waals surface area contributed by atoms with E-state index in [9.17, 15) is 22.8 Å². The van der Waals surface area contributed by atoms with Crippen LogP contribution in [0.5, 0.6) is 11.5 Å². The molecule has 31 heavy (non-hydrogen) atoms. The fraction of sp³-hybridized carbons (Fsp3) is 0.636. The number of amides is 1. The fourth-order valence-electron chi connectivity index (χ4n) is 3.70. The van der Waals surface area contributed by atoms with Gasteiger partial charge in [0.2, 0.25) is 5.91 Å². The van der Waals surface area contributed by atoms with Crippen molar-refractivity contribution in [2.24, 2.45) is 11.8 Å². The minimum Gasteiger partial charge on any atom is -0.490 e. The molecule has 0 radical (unpaired) electrons. The molecule has 2 rings (SSSR count). The van der Waals surface area contributed by atoms with Gasteiger partial charge in [-0.2, -0.15) is 13.2 Å². The third-order valence-electron chi connectivity index (χ3n) is 5.10. The number of rotatable bonds is 10. The van der Waals surface area contributed by atoms with Gasteiger partial charge in [0.1, 0.15) is 0 Å². The zero-order chi connectivity index (χ0) is 22.9. The molecule has 0 unspecified atom stereocenters. The second-order valence-corrected chi connectivity index (χ2v) is 7.41. The van der Waals surface area contributed by atoms with Crippen molar-refractivity contribution in [3.8, 4) is 11.5 Å². The van der Waals surface area contributed by atoms with Gasteiger partial charge >= 0.3 is 12.1 Å². The van der Waals surface area contributed by atoms with Crippen molar-refractivity contribution in [3.63, 3.8) is 0 Å². The highest BCUT2D eigenvalue weighted by atomic mass is 19.4. The zero-order valence-corrected chi connectivity index (χ0v) is 17.9. The molecule has 0 bridgehead atoms. The second kappa shape index (κ2) is 11.8. The lowest BCUT2D eigenvalue weighted by Crippen LogP contribution is -2.41. The van der Waals surface area contributed by atoms with Crippen LogP contribution in [0.3, 0.4) is 0 Å². The lowest BCUT2D eigenvalue weighted by atomic mass is 9.78. The zero-order valence-electron chi connectivity index (χ0n) is 17.9. The molecule has 1 N–H and O–H groups in total. The molecule has 0 aliphatic heterocycles. The predicted octanol–water partition coefficient (Wildman–Crippen LogP) is 4.05. The first-order valence-corrected chi connectivity index (χ1v) is 10.6. The highest BCUT2D eigenvalue weighted by Gasteiger charge is 2.38. The van der Waals surface area contributed by atoms with E-state index >= 15 is 0 Å². The second-order valence-electron chi connectivity index (χ2n) is 7.41. The lowest BCUT2D eigenvalue weighted by Gasteiger charge is -2.29. The topological polar surface area (TPSA) is 73.9 Å². The summed E-state index contributed by atoms with van der Waals surface area (Å²) in [4.78, 5) is 24.7. The summed E-state index contributed by atoms with van der Waals surface area (Å²) in [6.45, 7) is 3.48. The van der Waals surface area contributed by atoms with E-state index in [4.69, 9.17) is 9.47 Å². The summed E-state index contributed by atoms with van der Waals surface area (Å²) < 4.78 is 52.5. The first-order valence-electron chi connectivity index (χ1n) is 10.6. The minimum absolute atomic E-state index is 0.329. The summed E-state index contributed by atoms with van der Waals surface area (Å²) in [6, 6.07) is 5.57. The molecular formula is C22H30F3NO5. The summed E-state index contributed by atoms with van der Waals surface area (Å²) in [5, 5.41) is 2.81. The van der Waals surface area contributed by atoms with Crippen LogP contribution in [0.4, 0.5) is 13.2 Å². The molecule has 1 aromatic rings. The Labute approximate surface area is 180 Å². The Bertz CT molecular complexity index is 738. The van der Waals surface area contributed by atoms with Gasteiger partial charge in [-0.1, -0.05) is 18.9 Å². The van der Waals surface area contributed by atoms with Crippen molar-refractivity contribution in [2.75, 3.05) is 26.4 Å². The van der Waals surface area contributed by atoms with Crippen LogP contribution in [-0.2, 0) is 20.7 Å². The van der Waals surface area contributed by atoms with Crippen LogP contribution in [0.25, 0.3) is 0 Å². The monoisotopic (exact) mass is 445 g/mol. The Morgan fingerprint density at radius 2 is 1.68 bits per heavy atom. The van der Waals surface area contributed by atoms with Gasteiger partial charge in [0.25, 0.3) is 0 Å². The maximum absolute atomic E-state index is 12.6. The van der Waals surface area contributed by atoms with Gasteiger partial charge in [-0.05, 0) is 50.8 Å². The lowest BCUT2D eigenvalue weighted by molar-refractivity contribution is -0.191. The Kier molecular flexibility index (Phi) is 9.45. The van der Waals surface area contributed by atoms with Gasteiger partial charge in [0.15, 0.2) is 18.1 Å². The largest absolute Gasteiger partial charge is 0.490 e. The average molecular weight is 445 g/mol. The number of carbonyl (C=O) groups is 2. The smallest absolute Gasteiger partial charge is 0.422 e. The van der Waals surface area contributed by atoms with E-state index in [1.807, 2.05) is 32.0 Å². The first-order chi connectivity index (χ1) is 14.7. The summed E-state index contributed by atoms with van der Waals surface area (Å²) >= 11 is 0. The molecule has 1 saturated carbocycles. The highest BCUT2D eigenvalue weighted by Crippen LogP contribution is 2.32. The number of esters is 1. The molecule has 0 heterocycles. The van der Waals surface area contributed by atoms with Gasteiger partial charge < -0.3 is 19.5 Å². The molecule has 1 amide bonds. The van der Waals surface area contributed by atoms with E-state index in [0.29, 0.717) is 56.9 Å². The number of halogens is 3. The van der Waals surface area contributed by atoms with Crippen molar-refractivity contribution in [2.45, 2.75) is 52.1 Å². The van der Waals surface area contributed by atoms with Crippen LogP contribution in [0.15, 0.2) is 18.2 Å². The van der Waals surface area contributed by atoms with Gasteiger partial charge in [-0.25, -0.2) is 0 Å². The van der Waals surface area contributed by atoms with Crippen LogP contribution in [0.1, 0.15) is 45.1 Å². The van der Waals surface area contributed by atoms with Crippen LogP contribution in [-0.4, -0.2) is 44.4 Å². The third kappa shape index (κ3) is 7.95. The van der Waals surface area contributed by atoms with E-state index in [-0.39, 0.29) is 5.91 Å². The maximum Gasteiger partial charge on any atom is 0.422 e. The molecule has 9 heteroatoms. The summed E-state index contributed by atoms with van der Waals surface area (Å²) in [6.07, 6.45) is -1.81. The number of alkyl halides is 3. The predicted molar refractivity (Wildman–Crippen MR) is 108 cm³/mol. The molecule has 1 fully saturated rings.